The Hall–Kier alpha value is -1.24. The summed E-state index contributed by atoms with van der Waals surface area (Å²) in [7, 11) is 2.13. The van der Waals surface area contributed by atoms with E-state index in [1.807, 2.05) is 12.1 Å². The Morgan fingerprint density at radius 2 is 2.18 bits per heavy atom. The molecule has 1 aliphatic rings. The van der Waals surface area contributed by atoms with Gasteiger partial charge in [0.25, 0.3) is 0 Å². The highest BCUT2D eigenvalue weighted by Gasteiger charge is 2.23. The van der Waals surface area contributed by atoms with Crippen molar-refractivity contribution in [2.45, 2.75) is 13.0 Å². The molecule has 1 aliphatic heterocycles. The number of hydrogen-bond acceptors (Lipinski definition) is 3. The van der Waals surface area contributed by atoms with E-state index in [-0.39, 0.29) is 0 Å². The Balaban J connectivity index is 2.25. The van der Waals surface area contributed by atoms with Crippen molar-refractivity contribution in [1.82, 2.24) is 4.90 Å². The van der Waals surface area contributed by atoms with Crippen LogP contribution in [0.1, 0.15) is 12.5 Å². The normalized spacial score (nSPS) is 21.3. The summed E-state index contributed by atoms with van der Waals surface area (Å²) in [6.45, 7) is 5.25. The van der Waals surface area contributed by atoms with Gasteiger partial charge in [0, 0.05) is 25.7 Å². The van der Waals surface area contributed by atoms with Crippen molar-refractivity contribution in [3.05, 3.63) is 28.8 Å². The number of halogens is 1. The van der Waals surface area contributed by atoms with Crippen molar-refractivity contribution in [2.75, 3.05) is 31.6 Å². The Morgan fingerprint density at radius 3 is 2.76 bits per heavy atom. The molecule has 0 aliphatic carbocycles. The SMILES string of the molecule is CC1CN(C)CCN1c1ccc(C#N)cc1Cl. The van der Waals surface area contributed by atoms with Crippen LogP contribution < -0.4 is 4.90 Å². The topological polar surface area (TPSA) is 30.3 Å². The molecule has 1 aromatic carbocycles. The molecule has 1 atom stereocenters. The van der Waals surface area contributed by atoms with Gasteiger partial charge >= 0.3 is 0 Å². The minimum atomic E-state index is 0.444. The summed E-state index contributed by atoms with van der Waals surface area (Å²) in [6.07, 6.45) is 0. The van der Waals surface area contributed by atoms with Gasteiger partial charge in [-0.05, 0) is 32.2 Å². The summed E-state index contributed by atoms with van der Waals surface area (Å²) in [5.74, 6) is 0. The molecule has 1 unspecified atom stereocenters. The first-order chi connectivity index (χ1) is 8.11. The first kappa shape index (κ1) is 12.2. The molecule has 0 radical (unpaired) electrons. The van der Waals surface area contributed by atoms with E-state index in [9.17, 15) is 0 Å². The van der Waals surface area contributed by atoms with Crippen molar-refractivity contribution < 1.29 is 0 Å². The van der Waals surface area contributed by atoms with Crippen LogP contribution in [0.25, 0.3) is 0 Å². The minimum Gasteiger partial charge on any atom is -0.365 e. The molecule has 1 saturated heterocycles. The molecule has 2 rings (SSSR count). The quantitative estimate of drug-likeness (QED) is 0.766. The van der Waals surface area contributed by atoms with Crippen LogP contribution in [0.15, 0.2) is 18.2 Å². The van der Waals surface area contributed by atoms with Crippen LogP contribution in [0.4, 0.5) is 5.69 Å². The van der Waals surface area contributed by atoms with Crippen LogP contribution in [0.3, 0.4) is 0 Å². The molecule has 0 bridgehead atoms. The van der Waals surface area contributed by atoms with Crippen molar-refractivity contribution in [1.29, 1.82) is 5.26 Å². The van der Waals surface area contributed by atoms with Gasteiger partial charge in [0.15, 0.2) is 0 Å². The second kappa shape index (κ2) is 4.95. The lowest BCUT2D eigenvalue weighted by molar-refractivity contribution is 0.275. The third-order valence-electron chi connectivity index (χ3n) is 3.22. The maximum absolute atomic E-state index is 8.82. The third-order valence-corrected chi connectivity index (χ3v) is 3.52. The van der Waals surface area contributed by atoms with E-state index in [1.54, 1.807) is 6.07 Å². The fourth-order valence-corrected chi connectivity index (χ4v) is 2.60. The zero-order valence-electron chi connectivity index (χ0n) is 10.2. The fourth-order valence-electron chi connectivity index (χ4n) is 2.31. The first-order valence-corrected chi connectivity index (χ1v) is 6.14. The number of benzene rings is 1. The maximum Gasteiger partial charge on any atom is 0.0992 e. The number of anilines is 1. The molecule has 3 nitrogen and oxygen atoms in total. The second-order valence-corrected chi connectivity index (χ2v) is 4.99. The van der Waals surface area contributed by atoms with Gasteiger partial charge in [-0.2, -0.15) is 5.26 Å². The number of hydrogen-bond donors (Lipinski definition) is 0. The Morgan fingerprint density at radius 1 is 1.41 bits per heavy atom. The number of likely N-dealkylation sites (N-methyl/N-ethyl adjacent to an activating group) is 1. The molecule has 1 aromatic rings. The highest BCUT2D eigenvalue weighted by Crippen LogP contribution is 2.29. The average molecular weight is 250 g/mol. The summed E-state index contributed by atoms with van der Waals surface area (Å²) in [5.41, 5.74) is 1.65. The zero-order chi connectivity index (χ0) is 12.4. The third kappa shape index (κ3) is 2.54. The van der Waals surface area contributed by atoms with Crippen LogP contribution in [0.2, 0.25) is 5.02 Å². The predicted molar refractivity (Wildman–Crippen MR) is 70.5 cm³/mol. The molecule has 90 valence electrons. The monoisotopic (exact) mass is 249 g/mol. The Kier molecular flexibility index (Phi) is 3.56. The van der Waals surface area contributed by atoms with Crippen molar-refractivity contribution in [2.24, 2.45) is 0 Å². The van der Waals surface area contributed by atoms with Gasteiger partial charge < -0.3 is 9.80 Å². The van der Waals surface area contributed by atoms with Crippen LogP contribution in [-0.4, -0.2) is 37.6 Å². The second-order valence-electron chi connectivity index (χ2n) is 4.58. The number of piperazine rings is 1. The van der Waals surface area contributed by atoms with Crippen molar-refractivity contribution in [3.8, 4) is 6.07 Å². The average Bonchev–Trinajstić information content (AvgIpc) is 2.30. The molecule has 17 heavy (non-hydrogen) atoms. The smallest absolute Gasteiger partial charge is 0.0992 e. The van der Waals surface area contributed by atoms with Crippen molar-refractivity contribution in [3.63, 3.8) is 0 Å². The summed E-state index contributed by atoms with van der Waals surface area (Å²) in [5, 5.41) is 9.49. The largest absolute Gasteiger partial charge is 0.365 e. The Labute approximate surface area is 107 Å². The fraction of sp³-hybridized carbons (Fsp3) is 0.462. The van der Waals surface area contributed by atoms with E-state index in [1.165, 1.54) is 0 Å². The lowest BCUT2D eigenvalue weighted by Gasteiger charge is -2.40. The molecule has 0 aromatic heterocycles. The van der Waals surface area contributed by atoms with Crippen LogP contribution in [0, 0.1) is 11.3 Å². The predicted octanol–water partition coefficient (Wildman–Crippen LogP) is 2.35. The van der Waals surface area contributed by atoms with E-state index < -0.39 is 0 Å². The summed E-state index contributed by atoms with van der Waals surface area (Å²) < 4.78 is 0. The molecule has 0 spiro atoms. The van der Waals surface area contributed by atoms with Crippen LogP contribution in [-0.2, 0) is 0 Å². The first-order valence-electron chi connectivity index (χ1n) is 5.76. The van der Waals surface area contributed by atoms with Crippen molar-refractivity contribution >= 4 is 17.3 Å². The summed E-state index contributed by atoms with van der Waals surface area (Å²) in [4.78, 5) is 4.63. The molecule has 4 heteroatoms. The van der Waals surface area contributed by atoms with E-state index in [0.29, 0.717) is 16.6 Å². The van der Waals surface area contributed by atoms with Gasteiger partial charge in [-0.1, -0.05) is 11.6 Å². The summed E-state index contributed by atoms with van der Waals surface area (Å²) in [6, 6.07) is 8.06. The van der Waals surface area contributed by atoms with E-state index in [4.69, 9.17) is 16.9 Å². The molecule has 1 heterocycles. The molecule has 1 fully saturated rings. The van der Waals surface area contributed by atoms with Gasteiger partial charge in [-0.15, -0.1) is 0 Å². The van der Waals surface area contributed by atoms with Gasteiger partial charge in [-0.25, -0.2) is 0 Å². The van der Waals surface area contributed by atoms with Crippen LogP contribution in [0.5, 0.6) is 0 Å². The molecule has 0 amide bonds. The number of nitriles is 1. The van der Waals surface area contributed by atoms with E-state index >= 15 is 0 Å². The lowest BCUT2D eigenvalue weighted by atomic mass is 10.1. The van der Waals surface area contributed by atoms with Gasteiger partial charge in [0.2, 0.25) is 0 Å². The molecular weight excluding hydrogens is 234 g/mol. The number of rotatable bonds is 1. The van der Waals surface area contributed by atoms with Gasteiger partial charge in [0.1, 0.15) is 0 Å². The Bertz CT molecular complexity index is 452. The molecular formula is C13H16ClN3. The van der Waals surface area contributed by atoms with Crippen LogP contribution >= 0.6 is 11.6 Å². The standard InChI is InChI=1S/C13H16ClN3/c1-10-9-16(2)5-6-17(10)13-4-3-11(8-15)7-12(13)14/h3-4,7,10H,5-6,9H2,1-2H3. The summed E-state index contributed by atoms with van der Waals surface area (Å²) >= 11 is 6.24. The zero-order valence-corrected chi connectivity index (χ0v) is 10.9. The molecule has 0 saturated carbocycles. The highest BCUT2D eigenvalue weighted by atomic mass is 35.5. The minimum absolute atomic E-state index is 0.444. The number of nitrogens with zero attached hydrogens (tertiary/aromatic N) is 3. The molecule has 0 N–H and O–H groups in total. The highest BCUT2D eigenvalue weighted by molar-refractivity contribution is 6.33. The van der Waals surface area contributed by atoms with E-state index in [2.05, 4.69) is 29.8 Å². The van der Waals surface area contributed by atoms with Gasteiger partial charge in [0.05, 0.1) is 22.3 Å². The lowest BCUT2D eigenvalue weighted by Crippen LogP contribution is -2.50. The van der Waals surface area contributed by atoms with Gasteiger partial charge in [-0.3, -0.25) is 0 Å². The maximum atomic E-state index is 8.82. The van der Waals surface area contributed by atoms with E-state index in [0.717, 1.165) is 25.3 Å².